The van der Waals surface area contributed by atoms with Gasteiger partial charge in [0.05, 0.1) is 4.47 Å². The lowest BCUT2D eigenvalue weighted by molar-refractivity contribution is 0.304. The molecule has 0 aromatic heterocycles. The van der Waals surface area contributed by atoms with Crippen molar-refractivity contribution in [2.75, 3.05) is 6.54 Å². The Bertz CT molecular complexity index is 589. The molecule has 0 spiro atoms. The van der Waals surface area contributed by atoms with E-state index in [9.17, 15) is 0 Å². The third kappa shape index (κ3) is 5.03. The van der Waals surface area contributed by atoms with Crippen LogP contribution in [-0.4, -0.2) is 6.54 Å². The molecule has 0 saturated heterocycles. The number of ether oxygens (including phenoxy) is 1. The van der Waals surface area contributed by atoms with Crippen molar-refractivity contribution < 1.29 is 4.74 Å². The lowest BCUT2D eigenvalue weighted by Crippen LogP contribution is -2.13. The second-order valence-electron chi connectivity index (χ2n) is 4.82. The molecule has 112 valence electrons. The molecule has 0 aliphatic heterocycles. The first-order valence-corrected chi connectivity index (χ1v) is 8.23. The van der Waals surface area contributed by atoms with Crippen molar-refractivity contribution in [2.45, 2.75) is 26.5 Å². The van der Waals surface area contributed by atoms with Gasteiger partial charge < -0.3 is 10.1 Å². The van der Waals surface area contributed by atoms with E-state index in [1.807, 2.05) is 30.3 Å². The van der Waals surface area contributed by atoms with Crippen molar-refractivity contribution in [3.8, 4) is 5.75 Å². The minimum atomic E-state index is 0.464. The Hall–Kier alpha value is -1.03. The Morgan fingerprint density at radius 1 is 1.19 bits per heavy atom. The van der Waals surface area contributed by atoms with Gasteiger partial charge in [0.15, 0.2) is 0 Å². The average Bonchev–Trinajstić information content (AvgIpc) is 2.48. The highest BCUT2D eigenvalue weighted by molar-refractivity contribution is 9.10. The van der Waals surface area contributed by atoms with Gasteiger partial charge in [0, 0.05) is 17.1 Å². The van der Waals surface area contributed by atoms with Gasteiger partial charge in [-0.1, -0.05) is 42.8 Å². The van der Waals surface area contributed by atoms with E-state index in [-0.39, 0.29) is 0 Å². The van der Waals surface area contributed by atoms with Gasteiger partial charge in [-0.05, 0) is 52.7 Å². The number of hydrogen-bond acceptors (Lipinski definition) is 2. The second-order valence-corrected chi connectivity index (χ2v) is 6.08. The van der Waals surface area contributed by atoms with E-state index in [2.05, 4.69) is 40.3 Å². The Balaban J connectivity index is 1.96. The molecule has 0 atom stereocenters. The molecule has 0 aliphatic carbocycles. The standard InChI is InChI=1S/C17H19BrClNO/c1-2-9-20-11-13-7-8-17(15(18)10-13)21-12-14-5-3-4-6-16(14)19/h3-8,10,20H,2,9,11-12H2,1H3. The lowest BCUT2D eigenvalue weighted by Gasteiger charge is -2.11. The van der Waals surface area contributed by atoms with Crippen LogP contribution in [-0.2, 0) is 13.2 Å². The smallest absolute Gasteiger partial charge is 0.134 e. The molecule has 2 nitrogen and oxygen atoms in total. The molecule has 0 radical (unpaired) electrons. The first-order chi connectivity index (χ1) is 10.2. The molecule has 0 unspecified atom stereocenters. The summed E-state index contributed by atoms with van der Waals surface area (Å²) in [6, 6.07) is 13.9. The van der Waals surface area contributed by atoms with Gasteiger partial charge in [-0.3, -0.25) is 0 Å². The molecule has 2 aromatic rings. The van der Waals surface area contributed by atoms with Crippen LogP contribution in [0.3, 0.4) is 0 Å². The van der Waals surface area contributed by atoms with E-state index in [4.69, 9.17) is 16.3 Å². The number of rotatable bonds is 7. The molecule has 0 amide bonds. The van der Waals surface area contributed by atoms with Crippen LogP contribution in [0.1, 0.15) is 24.5 Å². The number of nitrogens with one attached hydrogen (secondary N) is 1. The Labute approximate surface area is 139 Å². The Morgan fingerprint density at radius 3 is 2.71 bits per heavy atom. The Kier molecular flexibility index (Phi) is 6.55. The number of hydrogen-bond donors (Lipinski definition) is 1. The molecule has 0 saturated carbocycles. The molecular weight excluding hydrogens is 350 g/mol. The zero-order chi connectivity index (χ0) is 15.1. The highest BCUT2D eigenvalue weighted by Crippen LogP contribution is 2.27. The maximum Gasteiger partial charge on any atom is 0.134 e. The van der Waals surface area contributed by atoms with Gasteiger partial charge in [0.2, 0.25) is 0 Å². The van der Waals surface area contributed by atoms with Crippen molar-refractivity contribution in [1.82, 2.24) is 5.32 Å². The van der Waals surface area contributed by atoms with Crippen molar-refractivity contribution in [1.29, 1.82) is 0 Å². The van der Waals surface area contributed by atoms with Gasteiger partial charge in [-0.2, -0.15) is 0 Å². The summed E-state index contributed by atoms with van der Waals surface area (Å²) < 4.78 is 6.80. The van der Waals surface area contributed by atoms with Gasteiger partial charge in [-0.25, -0.2) is 0 Å². The summed E-state index contributed by atoms with van der Waals surface area (Å²) in [5.41, 5.74) is 2.22. The summed E-state index contributed by atoms with van der Waals surface area (Å²) >= 11 is 9.69. The zero-order valence-corrected chi connectivity index (χ0v) is 14.4. The maximum absolute atomic E-state index is 6.13. The average molecular weight is 369 g/mol. The summed E-state index contributed by atoms with van der Waals surface area (Å²) in [4.78, 5) is 0. The molecular formula is C17H19BrClNO. The SMILES string of the molecule is CCCNCc1ccc(OCc2ccccc2Cl)c(Br)c1. The lowest BCUT2D eigenvalue weighted by atomic mass is 10.2. The third-order valence-electron chi connectivity index (χ3n) is 3.09. The fourth-order valence-corrected chi connectivity index (χ4v) is 2.68. The van der Waals surface area contributed by atoms with Gasteiger partial charge in [0.25, 0.3) is 0 Å². The second kappa shape index (κ2) is 8.42. The first-order valence-electron chi connectivity index (χ1n) is 7.06. The van der Waals surface area contributed by atoms with E-state index in [0.29, 0.717) is 6.61 Å². The van der Waals surface area contributed by atoms with E-state index < -0.39 is 0 Å². The van der Waals surface area contributed by atoms with E-state index >= 15 is 0 Å². The third-order valence-corrected chi connectivity index (χ3v) is 4.08. The molecule has 2 aromatic carbocycles. The minimum Gasteiger partial charge on any atom is -0.488 e. The molecule has 0 bridgehead atoms. The van der Waals surface area contributed by atoms with E-state index in [1.165, 1.54) is 5.56 Å². The summed E-state index contributed by atoms with van der Waals surface area (Å²) in [6.07, 6.45) is 1.14. The minimum absolute atomic E-state index is 0.464. The summed E-state index contributed by atoms with van der Waals surface area (Å²) in [6.45, 7) is 4.53. The zero-order valence-electron chi connectivity index (χ0n) is 12.0. The fourth-order valence-electron chi connectivity index (χ4n) is 1.95. The van der Waals surface area contributed by atoms with E-state index in [1.54, 1.807) is 0 Å². The topological polar surface area (TPSA) is 21.3 Å². The van der Waals surface area contributed by atoms with Crippen LogP contribution >= 0.6 is 27.5 Å². The van der Waals surface area contributed by atoms with Gasteiger partial charge in [-0.15, -0.1) is 0 Å². The largest absolute Gasteiger partial charge is 0.488 e. The molecule has 0 heterocycles. The van der Waals surface area contributed by atoms with E-state index in [0.717, 1.165) is 40.3 Å². The first kappa shape index (κ1) is 16.3. The van der Waals surface area contributed by atoms with Crippen LogP contribution in [0.5, 0.6) is 5.75 Å². The Morgan fingerprint density at radius 2 is 2.00 bits per heavy atom. The highest BCUT2D eigenvalue weighted by atomic mass is 79.9. The van der Waals surface area contributed by atoms with Gasteiger partial charge >= 0.3 is 0 Å². The van der Waals surface area contributed by atoms with Crippen LogP contribution in [0.15, 0.2) is 46.9 Å². The number of benzene rings is 2. The molecule has 2 rings (SSSR count). The van der Waals surface area contributed by atoms with Crippen molar-refractivity contribution in [2.24, 2.45) is 0 Å². The maximum atomic E-state index is 6.13. The predicted molar refractivity (Wildman–Crippen MR) is 91.9 cm³/mol. The van der Waals surface area contributed by atoms with Crippen LogP contribution < -0.4 is 10.1 Å². The summed E-state index contributed by atoms with van der Waals surface area (Å²) in [5, 5.41) is 4.11. The normalized spacial score (nSPS) is 10.6. The molecule has 1 N–H and O–H groups in total. The summed E-state index contributed by atoms with van der Waals surface area (Å²) in [5.74, 6) is 0.828. The molecule has 21 heavy (non-hydrogen) atoms. The van der Waals surface area contributed by atoms with Crippen molar-refractivity contribution in [3.05, 3.63) is 63.1 Å². The predicted octanol–water partition coefficient (Wildman–Crippen LogP) is 5.18. The fraction of sp³-hybridized carbons (Fsp3) is 0.294. The van der Waals surface area contributed by atoms with Crippen molar-refractivity contribution in [3.63, 3.8) is 0 Å². The monoisotopic (exact) mass is 367 g/mol. The van der Waals surface area contributed by atoms with Crippen LogP contribution in [0.2, 0.25) is 5.02 Å². The number of halogens is 2. The summed E-state index contributed by atoms with van der Waals surface area (Å²) in [7, 11) is 0. The molecule has 0 aliphatic rings. The van der Waals surface area contributed by atoms with Crippen LogP contribution in [0.4, 0.5) is 0 Å². The van der Waals surface area contributed by atoms with Gasteiger partial charge in [0.1, 0.15) is 12.4 Å². The molecule has 0 fully saturated rings. The van der Waals surface area contributed by atoms with Crippen LogP contribution in [0.25, 0.3) is 0 Å². The quantitative estimate of drug-likeness (QED) is 0.680. The highest BCUT2D eigenvalue weighted by Gasteiger charge is 2.05. The van der Waals surface area contributed by atoms with Crippen molar-refractivity contribution >= 4 is 27.5 Å². The van der Waals surface area contributed by atoms with Crippen LogP contribution in [0, 0.1) is 0 Å². The molecule has 4 heteroatoms.